The van der Waals surface area contributed by atoms with Crippen LogP contribution >= 0.6 is 0 Å². The van der Waals surface area contributed by atoms with Crippen LogP contribution in [-0.4, -0.2) is 35.5 Å². The lowest BCUT2D eigenvalue weighted by Crippen LogP contribution is -2.23. The summed E-state index contributed by atoms with van der Waals surface area (Å²) in [4.78, 5) is 11.1. The van der Waals surface area contributed by atoms with Crippen LogP contribution in [0.3, 0.4) is 0 Å². The molecule has 0 aromatic carbocycles. The molecule has 0 bridgehead atoms. The van der Waals surface area contributed by atoms with Gasteiger partial charge in [0.2, 0.25) is 0 Å². The number of aliphatic hydroxyl groups excluding tert-OH is 2. The van der Waals surface area contributed by atoms with Crippen LogP contribution in [-0.2, 0) is 9.53 Å². The van der Waals surface area contributed by atoms with E-state index in [1.54, 1.807) is 0 Å². The molecule has 13 heavy (non-hydrogen) atoms. The first kappa shape index (κ1) is 12.1. The van der Waals surface area contributed by atoms with Crippen molar-refractivity contribution in [3.8, 4) is 0 Å². The number of hydrogen-bond donors (Lipinski definition) is 2. The first-order valence-corrected chi connectivity index (χ1v) is 4.13. The first-order valence-electron chi connectivity index (χ1n) is 4.13. The molecule has 0 spiro atoms. The van der Waals surface area contributed by atoms with E-state index in [1.165, 1.54) is 0 Å². The monoisotopic (exact) mass is 188 g/mol. The Balaban J connectivity index is 3.81. The van der Waals surface area contributed by atoms with Crippen LogP contribution in [0.25, 0.3) is 0 Å². The third-order valence-corrected chi connectivity index (χ3v) is 1.58. The van der Waals surface area contributed by atoms with E-state index in [0.717, 1.165) is 0 Å². The maximum Gasteiger partial charge on any atom is 0.333 e. The van der Waals surface area contributed by atoms with Crippen molar-refractivity contribution in [1.82, 2.24) is 0 Å². The molecule has 0 aromatic heterocycles. The Labute approximate surface area is 77.8 Å². The third-order valence-electron chi connectivity index (χ3n) is 1.58. The van der Waals surface area contributed by atoms with Gasteiger partial charge in [0.1, 0.15) is 12.7 Å². The van der Waals surface area contributed by atoms with Crippen molar-refractivity contribution in [3.63, 3.8) is 0 Å². The van der Waals surface area contributed by atoms with Crippen molar-refractivity contribution in [2.75, 3.05) is 13.2 Å². The predicted octanol–water partition coefficient (Wildman–Crippen LogP) is 0.0950. The fourth-order valence-corrected chi connectivity index (χ4v) is 0.553. The number of esters is 1. The highest BCUT2D eigenvalue weighted by Gasteiger charge is 2.13. The summed E-state index contributed by atoms with van der Waals surface area (Å²) in [5.74, 6) is -0.499. The fourth-order valence-electron chi connectivity index (χ4n) is 0.553. The molecule has 0 fully saturated rings. The molecule has 0 heterocycles. The molecule has 76 valence electrons. The standard InChI is InChI=1S/C9H16O4/c1-6(2)7(3)9(12)13-5-8(11)4-10/h6,8,10-11H,3-5H2,1-2H3. The van der Waals surface area contributed by atoms with Crippen LogP contribution in [0.1, 0.15) is 13.8 Å². The summed E-state index contributed by atoms with van der Waals surface area (Å²) in [5.41, 5.74) is 0.366. The molecule has 0 aromatic rings. The molecule has 0 saturated carbocycles. The molecule has 0 aliphatic rings. The Hall–Kier alpha value is -0.870. The third kappa shape index (κ3) is 4.65. The zero-order chi connectivity index (χ0) is 10.4. The Bertz CT molecular complexity index is 186. The van der Waals surface area contributed by atoms with Gasteiger partial charge in [0.25, 0.3) is 0 Å². The molecule has 0 rings (SSSR count). The molecule has 0 amide bonds. The summed E-state index contributed by atoms with van der Waals surface area (Å²) >= 11 is 0. The van der Waals surface area contributed by atoms with Gasteiger partial charge in [-0.05, 0) is 5.92 Å². The van der Waals surface area contributed by atoms with Crippen LogP contribution in [0.4, 0.5) is 0 Å². The summed E-state index contributed by atoms with van der Waals surface area (Å²) in [6, 6.07) is 0. The second-order valence-electron chi connectivity index (χ2n) is 3.11. The van der Waals surface area contributed by atoms with Gasteiger partial charge in [-0.1, -0.05) is 20.4 Å². The number of ether oxygens (including phenoxy) is 1. The SMILES string of the molecule is C=C(C(=O)OCC(O)CO)C(C)C. The van der Waals surface area contributed by atoms with Gasteiger partial charge in [0.15, 0.2) is 0 Å². The zero-order valence-corrected chi connectivity index (χ0v) is 7.99. The molecular weight excluding hydrogens is 172 g/mol. The van der Waals surface area contributed by atoms with Crippen molar-refractivity contribution in [3.05, 3.63) is 12.2 Å². The van der Waals surface area contributed by atoms with E-state index < -0.39 is 18.7 Å². The number of carbonyl (C=O) groups excluding carboxylic acids is 1. The van der Waals surface area contributed by atoms with Crippen LogP contribution in [0, 0.1) is 5.92 Å². The lowest BCUT2D eigenvalue weighted by Gasteiger charge is -2.11. The van der Waals surface area contributed by atoms with E-state index in [9.17, 15) is 4.79 Å². The van der Waals surface area contributed by atoms with Crippen molar-refractivity contribution in [2.24, 2.45) is 5.92 Å². The highest BCUT2D eigenvalue weighted by Crippen LogP contribution is 2.08. The number of aliphatic hydroxyl groups is 2. The van der Waals surface area contributed by atoms with E-state index in [2.05, 4.69) is 11.3 Å². The number of rotatable bonds is 5. The lowest BCUT2D eigenvalue weighted by atomic mass is 10.1. The topological polar surface area (TPSA) is 66.8 Å². The zero-order valence-electron chi connectivity index (χ0n) is 7.99. The van der Waals surface area contributed by atoms with Gasteiger partial charge >= 0.3 is 5.97 Å². The second-order valence-corrected chi connectivity index (χ2v) is 3.11. The molecule has 0 aliphatic heterocycles. The molecule has 2 N–H and O–H groups in total. The summed E-state index contributed by atoms with van der Waals surface area (Å²) in [7, 11) is 0. The van der Waals surface area contributed by atoms with Crippen molar-refractivity contribution in [2.45, 2.75) is 20.0 Å². The first-order chi connectivity index (χ1) is 5.99. The molecule has 1 atom stereocenters. The van der Waals surface area contributed by atoms with E-state index in [0.29, 0.717) is 5.57 Å². The smallest absolute Gasteiger partial charge is 0.333 e. The van der Waals surface area contributed by atoms with Gasteiger partial charge in [0, 0.05) is 5.57 Å². The largest absolute Gasteiger partial charge is 0.459 e. The van der Waals surface area contributed by atoms with Crippen LogP contribution in [0.5, 0.6) is 0 Å². The molecular formula is C9H16O4. The predicted molar refractivity (Wildman–Crippen MR) is 48.0 cm³/mol. The molecule has 4 heteroatoms. The minimum Gasteiger partial charge on any atom is -0.459 e. The molecule has 0 radical (unpaired) electrons. The number of hydrogen-bond acceptors (Lipinski definition) is 4. The Morgan fingerprint density at radius 2 is 2.08 bits per heavy atom. The molecule has 1 unspecified atom stereocenters. The quantitative estimate of drug-likeness (QED) is 0.474. The summed E-state index contributed by atoms with van der Waals surface area (Å²) in [6.07, 6.45) is -1.01. The Morgan fingerprint density at radius 1 is 1.54 bits per heavy atom. The van der Waals surface area contributed by atoms with Gasteiger partial charge in [-0.2, -0.15) is 0 Å². The van der Waals surface area contributed by atoms with Crippen LogP contribution in [0.2, 0.25) is 0 Å². The maximum atomic E-state index is 11.1. The minimum atomic E-state index is -1.01. The average molecular weight is 188 g/mol. The highest BCUT2D eigenvalue weighted by atomic mass is 16.5. The average Bonchev–Trinajstić information content (AvgIpc) is 2.11. The Morgan fingerprint density at radius 3 is 2.46 bits per heavy atom. The van der Waals surface area contributed by atoms with Crippen molar-refractivity contribution < 1.29 is 19.7 Å². The van der Waals surface area contributed by atoms with Gasteiger partial charge in [0.05, 0.1) is 6.61 Å². The lowest BCUT2D eigenvalue weighted by molar-refractivity contribution is -0.143. The second kappa shape index (κ2) is 5.72. The van der Waals surface area contributed by atoms with E-state index in [1.807, 2.05) is 13.8 Å². The Kier molecular flexibility index (Phi) is 5.34. The summed E-state index contributed by atoms with van der Waals surface area (Å²) in [5, 5.41) is 17.3. The maximum absolute atomic E-state index is 11.1. The molecule has 4 nitrogen and oxygen atoms in total. The van der Waals surface area contributed by atoms with Crippen molar-refractivity contribution >= 4 is 5.97 Å². The van der Waals surface area contributed by atoms with E-state index in [4.69, 9.17) is 10.2 Å². The molecule has 0 saturated heterocycles. The van der Waals surface area contributed by atoms with E-state index >= 15 is 0 Å². The van der Waals surface area contributed by atoms with Crippen LogP contribution in [0.15, 0.2) is 12.2 Å². The molecule has 0 aliphatic carbocycles. The highest BCUT2D eigenvalue weighted by molar-refractivity contribution is 5.88. The van der Waals surface area contributed by atoms with Crippen LogP contribution < -0.4 is 0 Å². The summed E-state index contributed by atoms with van der Waals surface area (Å²) in [6.45, 7) is 6.58. The van der Waals surface area contributed by atoms with Crippen molar-refractivity contribution in [1.29, 1.82) is 0 Å². The van der Waals surface area contributed by atoms with Gasteiger partial charge < -0.3 is 14.9 Å². The minimum absolute atomic E-state index is 0.0266. The van der Waals surface area contributed by atoms with Gasteiger partial charge in [-0.25, -0.2) is 4.79 Å². The van der Waals surface area contributed by atoms with Gasteiger partial charge in [-0.3, -0.25) is 0 Å². The number of carbonyl (C=O) groups is 1. The fraction of sp³-hybridized carbons (Fsp3) is 0.667. The summed E-state index contributed by atoms with van der Waals surface area (Å²) < 4.78 is 4.67. The van der Waals surface area contributed by atoms with Gasteiger partial charge in [-0.15, -0.1) is 0 Å². The normalized spacial score (nSPS) is 12.7. The van der Waals surface area contributed by atoms with E-state index in [-0.39, 0.29) is 12.5 Å².